The van der Waals surface area contributed by atoms with Gasteiger partial charge in [0.15, 0.2) is 0 Å². The van der Waals surface area contributed by atoms with Crippen LogP contribution in [0.15, 0.2) is 12.1 Å². The van der Waals surface area contributed by atoms with Gasteiger partial charge >= 0.3 is 0 Å². The van der Waals surface area contributed by atoms with Crippen molar-refractivity contribution in [2.45, 2.75) is 25.9 Å². The molecule has 104 valence electrons. The summed E-state index contributed by atoms with van der Waals surface area (Å²) in [6.07, 6.45) is 0.966. The van der Waals surface area contributed by atoms with Crippen molar-refractivity contribution in [2.75, 3.05) is 13.6 Å². The van der Waals surface area contributed by atoms with E-state index in [1.54, 1.807) is 0 Å². The van der Waals surface area contributed by atoms with E-state index in [2.05, 4.69) is 0 Å². The SMILES string of the molecule is Cc1ccc(F)c(C(=O)N(C)CC2CC(O)C2)c1F. The summed E-state index contributed by atoms with van der Waals surface area (Å²) >= 11 is 0. The van der Waals surface area contributed by atoms with Crippen molar-refractivity contribution in [3.05, 3.63) is 34.9 Å². The second kappa shape index (κ2) is 5.25. The van der Waals surface area contributed by atoms with Crippen LogP contribution in [-0.2, 0) is 0 Å². The van der Waals surface area contributed by atoms with Crippen LogP contribution in [0.4, 0.5) is 8.78 Å². The second-order valence-electron chi connectivity index (χ2n) is 5.23. The van der Waals surface area contributed by atoms with Gasteiger partial charge in [-0.3, -0.25) is 4.79 Å². The minimum absolute atomic E-state index is 0.208. The molecule has 0 aliphatic heterocycles. The number of amides is 1. The lowest BCUT2D eigenvalue weighted by Gasteiger charge is -2.34. The third kappa shape index (κ3) is 2.76. The number of aliphatic hydroxyl groups is 1. The summed E-state index contributed by atoms with van der Waals surface area (Å²) in [6.45, 7) is 1.90. The Balaban J connectivity index is 2.13. The molecule has 0 aromatic heterocycles. The molecule has 1 N–H and O–H groups in total. The molecule has 0 radical (unpaired) electrons. The van der Waals surface area contributed by atoms with Gasteiger partial charge in [0.05, 0.1) is 6.10 Å². The Bertz CT molecular complexity index is 498. The predicted octanol–water partition coefficient (Wildman–Crippen LogP) is 2.12. The Morgan fingerprint density at radius 3 is 2.63 bits per heavy atom. The van der Waals surface area contributed by atoms with Crippen LogP contribution in [0.25, 0.3) is 0 Å². The molecule has 5 heteroatoms. The molecule has 0 heterocycles. The molecule has 1 amide bonds. The molecule has 0 atom stereocenters. The van der Waals surface area contributed by atoms with Crippen molar-refractivity contribution in [3.8, 4) is 0 Å². The highest BCUT2D eigenvalue weighted by molar-refractivity contribution is 5.94. The van der Waals surface area contributed by atoms with E-state index in [0.717, 1.165) is 6.07 Å². The molecular formula is C14H17F2NO2. The fraction of sp³-hybridized carbons (Fsp3) is 0.500. The van der Waals surface area contributed by atoms with Gasteiger partial charge in [-0.1, -0.05) is 6.07 Å². The number of rotatable bonds is 3. The van der Waals surface area contributed by atoms with Gasteiger partial charge in [0, 0.05) is 13.6 Å². The highest BCUT2D eigenvalue weighted by Gasteiger charge is 2.30. The van der Waals surface area contributed by atoms with E-state index in [1.165, 1.54) is 24.9 Å². The third-order valence-corrected chi connectivity index (χ3v) is 3.59. The average molecular weight is 269 g/mol. The highest BCUT2D eigenvalue weighted by Crippen LogP contribution is 2.28. The summed E-state index contributed by atoms with van der Waals surface area (Å²) in [5.41, 5.74) is -0.250. The zero-order valence-electron chi connectivity index (χ0n) is 11.0. The summed E-state index contributed by atoms with van der Waals surface area (Å²) < 4.78 is 27.5. The van der Waals surface area contributed by atoms with Crippen molar-refractivity contribution in [1.82, 2.24) is 4.90 Å². The lowest BCUT2D eigenvalue weighted by atomic mass is 9.82. The molecule has 1 fully saturated rings. The molecular weight excluding hydrogens is 252 g/mol. The lowest BCUT2D eigenvalue weighted by molar-refractivity contribution is 0.0263. The van der Waals surface area contributed by atoms with Crippen LogP contribution in [0.5, 0.6) is 0 Å². The van der Waals surface area contributed by atoms with Crippen molar-refractivity contribution in [1.29, 1.82) is 0 Å². The van der Waals surface area contributed by atoms with E-state index in [1.807, 2.05) is 0 Å². The monoisotopic (exact) mass is 269 g/mol. The Morgan fingerprint density at radius 2 is 2.05 bits per heavy atom. The van der Waals surface area contributed by atoms with Crippen molar-refractivity contribution >= 4 is 5.91 Å². The number of aryl methyl sites for hydroxylation is 1. The standard InChI is InChI=1S/C14H17F2NO2/c1-8-3-4-11(15)12(13(8)16)14(19)17(2)7-9-5-10(18)6-9/h3-4,9-10,18H,5-7H2,1-2H3. The second-order valence-corrected chi connectivity index (χ2v) is 5.23. The van der Waals surface area contributed by atoms with E-state index in [0.29, 0.717) is 19.4 Å². The first-order valence-corrected chi connectivity index (χ1v) is 6.28. The molecule has 1 aromatic carbocycles. The highest BCUT2D eigenvalue weighted by atomic mass is 19.1. The summed E-state index contributed by atoms with van der Waals surface area (Å²) in [7, 11) is 1.52. The zero-order valence-corrected chi connectivity index (χ0v) is 11.0. The molecule has 3 nitrogen and oxygen atoms in total. The fourth-order valence-electron chi connectivity index (χ4n) is 2.36. The van der Waals surface area contributed by atoms with E-state index >= 15 is 0 Å². The van der Waals surface area contributed by atoms with Crippen molar-refractivity contribution in [3.63, 3.8) is 0 Å². The summed E-state index contributed by atoms with van der Waals surface area (Å²) in [5.74, 6) is -2.08. The number of carbonyl (C=O) groups is 1. The smallest absolute Gasteiger partial charge is 0.259 e. The molecule has 1 aliphatic carbocycles. The summed E-state index contributed by atoms with van der Waals surface area (Å²) in [5, 5.41) is 9.19. The number of benzene rings is 1. The Morgan fingerprint density at radius 1 is 1.42 bits per heavy atom. The maximum Gasteiger partial charge on any atom is 0.259 e. The van der Waals surface area contributed by atoms with Gasteiger partial charge in [0.1, 0.15) is 17.2 Å². The molecule has 0 saturated heterocycles. The Labute approximate surface area is 110 Å². The van der Waals surface area contributed by atoms with Gasteiger partial charge in [-0.2, -0.15) is 0 Å². The lowest BCUT2D eigenvalue weighted by Crippen LogP contribution is -2.40. The zero-order chi connectivity index (χ0) is 14.2. The fourth-order valence-corrected chi connectivity index (χ4v) is 2.36. The normalized spacial score (nSPS) is 21.9. The first-order valence-electron chi connectivity index (χ1n) is 6.28. The van der Waals surface area contributed by atoms with Gasteiger partial charge in [-0.25, -0.2) is 8.78 Å². The predicted molar refractivity (Wildman–Crippen MR) is 66.8 cm³/mol. The van der Waals surface area contributed by atoms with E-state index in [4.69, 9.17) is 0 Å². The van der Waals surface area contributed by atoms with Crippen LogP contribution in [-0.4, -0.2) is 35.6 Å². The van der Waals surface area contributed by atoms with E-state index in [9.17, 15) is 18.7 Å². The topological polar surface area (TPSA) is 40.5 Å². The van der Waals surface area contributed by atoms with Crippen LogP contribution in [0.1, 0.15) is 28.8 Å². The van der Waals surface area contributed by atoms with Gasteiger partial charge in [0.25, 0.3) is 5.91 Å². The number of nitrogens with zero attached hydrogens (tertiary/aromatic N) is 1. The van der Waals surface area contributed by atoms with E-state index < -0.39 is 23.1 Å². The van der Waals surface area contributed by atoms with Crippen LogP contribution in [0.2, 0.25) is 0 Å². The van der Waals surface area contributed by atoms with Gasteiger partial charge in [-0.15, -0.1) is 0 Å². The number of hydrogen-bond acceptors (Lipinski definition) is 2. The minimum atomic E-state index is -0.839. The van der Waals surface area contributed by atoms with Gasteiger partial charge < -0.3 is 10.0 Å². The molecule has 1 saturated carbocycles. The summed E-state index contributed by atoms with van der Waals surface area (Å²) in [4.78, 5) is 13.4. The molecule has 1 aliphatic rings. The first-order chi connectivity index (χ1) is 8.90. The van der Waals surface area contributed by atoms with E-state index in [-0.39, 0.29) is 17.6 Å². The Kier molecular flexibility index (Phi) is 3.85. The molecule has 0 unspecified atom stereocenters. The minimum Gasteiger partial charge on any atom is -0.393 e. The number of aliphatic hydroxyl groups excluding tert-OH is 1. The van der Waals surface area contributed by atoms with Crippen LogP contribution in [0, 0.1) is 24.5 Å². The van der Waals surface area contributed by atoms with Crippen LogP contribution in [0.3, 0.4) is 0 Å². The number of hydrogen-bond donors (Lipinski definition) is 1. The van der Waals surface area contributed by atoms with Crippen LogP contribution < -0.4 is 0 Å². The summed E-state index contributed by atoms with van der Waals surface area (Å²) in [6, 6.07) is 2.41. The molecule has 2 rings (SSSR count). The number of halogens is 2. The van der Waals surface area contributed by atoms with Crippen LogP contribution >= 0.6 is 0 Å². The average Bonchev–Trinajstić information content (AvgIpc) is 2.32. The van der Waals surface area contributed by atoms with Gasteiger partial charge in [0.2, 0.25) is 0 Å². The van der Waals surface area contributed by atoms with Crippen molar-refractivity contribution < 1.29 is 18.7 Å². The number of carbonyl (C=O) groups excluding carboxylic acids is 1. The molecule has 0 spiro atoms. The molecule has 1 aromatic rings. The largest absolute Gasteiger partial charge is 0.393 e. The van der Waals surface area contributed by atoms with Crippen molar-refractivity contribution in [2.24, 2.45) is 5.92 Å². The first kappa shape index (κ1) is 13.9. The third-order valence-electron chi connectivity index (χ3n) is 3.59. The molecule has 0 bridgehead atoms. The maximum absolute atomic E-state index is 13.8. The maximum atomic E-state index is 13.8. The van der Waals surface area contributed by atoms with Gasteiger partial charge in [-0.05, 0) is 37.3 Å². The molecule has 19 heavy (non-hydrogen) atoms. The Hall–Kier alpha value is -1.49. The quantitative estimate of drug-likeness (QED) is 0.913.